The van der Waals surface area contributed by atoms with Crippen LogP contribution in [0.4, 0.5) is 13.2 Å². The molecule has 1 aromatic heterocycles. The lowest BCUT2D eigenvalue weighted by Crippen LogP contribution is -2.08. The van der Waals surface area contributed by atoms with Crippen molar-refractivity contribution in [2.45, 2.75) is 12.7 Å². The lowest BCUT2D eigenvalue weighted by Gasteiger charge is -2.11. The maximum Gasteiger partial charge on any atom is 0.416 e. The topological polar surface area (TPSA) is 17.8 Å². The van der Waals surface area contributed by atoms with Gasteiger partial charge in [-0.15, -0.1) is 0 Å². The number of halogens is 7. The van der Waals surface area contributed by atoms with Crippen LogP contribution in [0, 0.1) is 0 Å². The Labute approximate surface area is 202 Å². The summed E-state index contributed by atoms with van der Waals surface area (Å²) in [5.74, 6) is 0. The van der Waals surface area contributed by atoms with E-state index in [2.05, 4.69) is 5.10 Å². The molecule has 3 aromatic carbocycles. The van der Waals surface area contributed by atoms with Gasteiger partial charge in [-0.25, -0.2) is 0 Å². The molecule has 0 amide bonds. The molecule has 2 nitrogen and oxygen atoms in total. The third-order valence-corrected chi connectivity index (χ3v) is 6.28. The van der Waals surface area contributed by atoms with Crippen molar-refractivity contribution in [2.75, 3.05) is 0 Å². The summed E-state index contributed by atoms with van der Waals surface area (Å²) in [5, 5.41) is 6.15. The molecule has 0 bridgehead atoms. The molecule has 4 aromatic rings. The van der Waals surface area contributed by atoms with Crippen molar-refractivity contribution in [2.24, 2.45) is 0 Å². The van der Waals surface area contributed by atoms with Crippen molar-refractivity contribution in [1.82, 2.24) is 9.78 Å². The number of nitrogens with zero attached hydrogens (tertiary/aromatic N) is 2. The second-order valence-corrected chi connectivity index (χ2v) is 8.66. The van der Waals surface area contributed by atoms with Gasteiger partial charge in [0.2, 0.25) is 0 Å². The molecule has 9 heteroatoms. The van der Waals surface area contributed by atoms with Crippen LogP contribution < -0.4 is 0 Å². The Balaban J connectivity index is 1.81. The van der Waals surface area contributed by atoms with E-state index >= 15 is 0 Å². The molecule has 0 aliphatic carbocycles. The summed E-state index contributed by atoms with van der Waals surface area (Å²) in [5.41, 5.74) is 2.39. The van der Waals surface area contributed by atoms with E-state index in [-0.39, 0.29) is 6.54 Å². The summed E-state index contributed by atoms with van der Waals surface area (Å²) in [6, 6.07) is 17.2. The first-order valence-corrected chi connectivity index (χ1v) is 10.8. The fraction of sp³-hybridized carbons (Fsp3) is 0.0870. The molecule has 164 valence electrons. The molecule has 0 fully saturated rings. The van der Waals surface area contributed by atoms with Gasteiger partial charge in [0.1, 0.15) is 0 Å². The zero-order valence-corrected chi connectivity index (χ0v) is 19.1. The largest absolute Gasteiger partial charge is 0.416 e. The summed E-state index contributed by atoms with van der Waals surface area (Å²) in [6.45, 7) is 0.112. The molecule has 0 radical (unpaired) electrons. The number of hydrogen-bond donors (Lipinski definition) is 0. The molecule has 0 aliphatic rings. The summed E-state index contributed by atoms with van der Waals surface area (Å²) in [6.07, 6.45) is -4.43. The van der Waals surface area contributed by atoms with Crippen molar-refractivity contribution >= 4 is 46.4 Å². The van der Waals surface area contributed by atoms with E-state index in [4.69, 9.17) is 46.4 Å². The highest BCUT2D eigenvalue weighted by atomic mass is 35.5. The lowest BCUT2D eigenvalue weighted by atomic mass is 10.1. The van der Waals surface area contributed by atoms with Gasteiger partial charge in [-0.3, -0.25) is 4.68 Å². The molecule has 0 aliphatic heterocycles. The van der Waals surface area contributed by atoms with Gasteiger partial charge in [0.05, 0.1) is 43.6 Å². The van der Waals surface area contributed by atoms with E-state index in [1.165, 1.54) is 6.07 Å². The third kappa shape index (κ3) is 4.91. The first kappa shape index (κ1) is 23.0. The van der Waals surface area contributed by atoms with Crippen molar-refractivity contribution in [3.8, 4) is 22.5 Å². The minimum absolute atomic E-state index is 0.112. The highest BCUT2D eigenvalue weighted by Gasteiger charge is 2.30. The maximum atomic E-state index is 13.2. The van der Waals surface area contributed by atoms with Crippen LogP contribution in [0.3, 0.4) is 0 Å². The van der Waals surface area contributed by atoms with Crippen molar-refractivity contribution in [3.05, 3.63) is 97.9 Å². The molecule has 0 N–H and O–H groups in total. The van der Waals surface area contributed by atoms with Crippen molar-refractivity contribution in [3.63, 3.8) is 0 Å². The van der Waals surface area contributed by atoms with Crippen LogP contribution in [-0.2, 0) is 12.7 Å². The second kappa shape index (κ2) is 8.99. The number of rotatable bonds is 4. The van der Waals surface area contributed by atoms with E-state index in [0.717, 1.165) is 12.1 Å². The van der Waals surface area contributed by atoms with Gasteiger partial charge in [0, 0.05) is 11.1 Å². The zero-order valence-electron chi connectivity index (χ0n) is 16.1. The van der Waals surface area contributed by atoms with Crippen LogP contribution in [-0.4, -0.2) is 9.78 Å². The van der Waals surface area contributed by atoms with E-state index in [0.29, 0.717) is 48.2 Å². The van der Waals surface area contributed by atoms with Gasteiger partial charge >= 0.3 is 6.18 Å². The van der Waals surface area contributed by atoms with Crippen LogP contribution in [0.2, 0.25) is 20.1 Å². The average Bonchev–Trinajstić information content (AvgIpc) is 3.15. The predicted octanol–water partition coefficient (Wildman–Crippen LogP) is 8.90. The number of aromatic nitrogens is 2. The zero-order chi connectivity index (χ0) is 23.0. The average molecular weight is 516 g/mol. The lowest BCUT2D eigenvalue weighted by molar-refractivity contribution is -0.137. The van der Waals surface area contributed by atoms with E-state index < -0.39 is 11.7 Å². The van der Waals surface area contributed by atoms with Crippen LogP contribution >= 0.6 is 46.4 Å². The number of alkyl halides is 3. The van der Waals surface area contributed by atoms with E-state index in [9.17, 15) is 13.2 Å². The molecule has 1 heterocycles. The minimum atomic E-state index is -4.43. The molecule has 0 atom stereocenters. The highest BCUT2D eigenvalue weighted by Crippen LogP contribution is 2.34. The highest BCUT2D eigenvalue weighted by molar-refractivity contribution is 6.42. The van der Waals surface area contributed by atoms with Gasteiger partial charge in [0.15, 0.2) is 0 Å². The van der Waals surface area contributed by atoms with Crippen LogP contribution in [0.5, 0.6) is 0 Å². The Kier molecular flexibility index (Phi) is 6.46. The second-order valence-electron chi connectivity index (χ2n) is 7.03. The SMILES string of the molecule is FC(F)(F)c1cccc(Cn2nc(-c3ccc(Cl)c(Cl)c3)cc2-c2ccc(Cl)c(Cl)c2)c1. The van der Waals surface area contributed by atoms with Crippen molar-refractivity contribution < 1.29 is 13.2 Å². The first-order valence-electron chi connectivity index (χ1n) is 9.26. The van der Waals surface area contributed by atoms with Crippen LogP contribution in [0.1, 0.15) is 11.1 Å². The first-order chi connectivity index (χ1) is 15.1. The Morgan fingerprint density at radius 2 is 1.34 bits per heavy atom. The van der Waals surface area contributed by atoms with E-state index in [1.807, 2.05) is 6.07 Å². The summed E-state index contributed by atoms with van der Waals surface area (Å²) in [4.78, 5) is 0. The summed E-state index contributed by atoms with van der Waals surface area (Å²) < 4.78 is 41.1. The molecule has 4 rings (SSSR count). The van der Waals surface area contributed by atoms with Gasteiger partial charge in [-0.1, -0.05) is 70.7 Å². The van der Waals surface area contributed by atoms with Crippen LogP contribution in [0.15, 0.2) is 66.7 Å². The monoisotopic (exact) mass is 514 g/mol. The predicted molar refractivity (Wildman–Crippen MR) is 124 cm³/mol. The summed E-state index contributed by atoms with van der Waals surface area (Å²) in [7, 11) is 0. The Morgan fingerprint density at radius 1 is 0.719 bits per heavy atom. The van der Waals surface area contributed by atoms with Crippen molar-refractivity contribution in [1.29, 1.82) is 0 Å². The van der Waals surface area contributed by atoms with Gasteiger partial charge in [-0.05, 0) is 48.0 Å². The quantitative estimate of drug-likeness (QED) is 0.265. The van der Waals surface area contributed by atoms with Gasteiger partial charge in [-0.2, -0.15) is 18.3 Å². The van der Waals surface area contributed by atoms with Crippen LogP contribution in [0.25, 0.3) is 22.5 Å². The Hall–Kier alpha value is -2.18. The maximum absolute atomic E-state index is 13.2. The Bertz CT molecular complexity index is 1300. The fourth-order valence-electron chi connectivity index (χ4n) is 3.24. The van der Waals surface area contributed by atoms with Gasteiger partial charge < -0.3 is 0 Å². The third-order valence-electron chi connectivity index (χ3n) is 4.80. The smallest absolute Gasteiger partial charge is 0.260 e. The summed E-state index contributed by atoms with van der Waals surface area (Å²) >= 11 is 24.4. The number of benzene rings is 3. The standard InChI is InChI=1S/C23H13Cl4F3N2/c24-17-6-4-14(9-19(17)26)21-11-22(15-5-7-18(25)20(27)10-15)32(31-21)12-13-2-1-3-16(8-13)23(28,29)30/h1-11H,12H2. The molecule has 32 heavy (non-hydrogen) atoms. The molecular weight excluding hydrogens is 503 g/mol. The molecule has 0 saturated heterocycles. The molecule has 0 spiro atoms. The molecule has 0 unspecified atom stereocenters. The van der Waals surface area contributed by atoms with Gasteiger partial charge in [0.25, 0.3) is 0 Å². The number of hydrogen-bond acceptors (Lipinski definition) is 1. The van der Waals surface area contributed by atoms with E-state index in [1.54, 1.807) is 47.1 Å². The minimum Gasteiger partial charge on any atom is -0.260 e. The molecule has 0 saturated carbocycles. The normalized spacial score (nSPS) is 11.7. The fourth-order valence-corrected chi connectivity index (χ4v) is 3.84. The Morgan fingerprint density at radius 3 is 1.97 bits per heavy atom. The molecular formula is C23H13Cl4F3N2.